The lowest BCUT2D eigenvalue weighted by molar-refractivity contribution is -0.114. The number of anilines is 2. The summed E-state index contributed by atoms with van der Waals surface area (Å²) in [6, 6.07) is 10.4. The number of hydrogen-bond donors (Lipinski definition) is 2. The van der Waals surface area contributed by atoms with E-state index in [0.717, 1.165) is 11.8 Å². The van der Waals surface area contributed by atoms with Crippen LogP contribution in [-0.4, -0.2) is 23.3 Å². The number of thioether (sulfide) groups is 1. The van der Waals surface area contributed by atoms with E-state index in [1.54, 1.807) is 18.2 Å². The maximum atomic E-state index is 12.8. The molecule has 0 fully saturated rings. The zero-order valence-corrected chi connectivity index (χ0v) is 14.6. The fourth-order valence-electron chi connectivity index (χ4n) is 1.75. The van der Waals surface area contributed by atoms with Gasteiger partial charge in [0.25, 0.3) is 0 Å². The monoisotopic (exact) mass is 386 g/mol. The maximum Gasteiger partial charge on any atom is 0.234 e. The molecule has 0 aromatic heterocycles. The minimum Gasteiger partial charge on any atom is -0.325 e. The van der Waals surface area contributed by atoms with Crippen molar-refractivity contribution in [1.82, 2.24) is 0 Å². The minimum absolute atomic E-state index is 0.0830. The van der Waals surface area contributed by atoms with Crippen LogP contribution in [0.4, 0.5) is 15.8 Å². The van der Waals surface area contributed by atoms with Gasteiger partial charge in [0.05, 0.1) is 27.2 Å². The number of carbonyl (C=O) groups excluding carboxylic acids is 2. The van der Waals surface area contributed by atoms with Crippen LogP contribution in [0.5, 0.6) is 0 Å². The number of carbonyl (C=O) groups is 2. The van der Waals surface area contributed by atoms with Crippen LogP contribution in [0.15, 0.2) is 42.5 Å². The van der Waals surface area contributed by atoms with Crippen molar-refractivity contribution in [2.24, 2.45) is 0 Å². The van der Waals surface area contributed by atoms with Crippen LogP contribution in [0, 0.1) is 5.82 Å². The first kappa shape index (κ1) is 18.6. The topological polar surface area (TPSA) is 58.2 Å². The maximum absolute atomic E-state index is 12.8. The normalized spacial score (nSPS) is 10.3. The number of hydrogen-bond acceptors (Lipinski definition) is 3. The van der Waals surface area contributed by atoms with Gasteiger partial charge >= 0.3 is 0 Å². The summed E-state index contributed by atoms with van der Waals surface area (Å²) in [7, 11) is 0. The van der Waals surface area contributed by atoms with E-state index in [1.165, 1.54) is 24.3 Å². The molecule has 0 bridgehead atoms. The molecule has 2 aromatic rings. The van der Waals surface area contributed by atoms with Crippen molar-refractivity contribution in [3.63, 3.8) is 0 Å². The predicted octanol–water partition coefficient (Wildman–Crippen LogP) is 4.44. The van der Waals surface area contributed by atoms with Gasteiger partial charge in [0.15, 0.2) is 0 Å². The molecule has 0 saturated carbocycles. The highest BCUT2D eigenvalue weighted by molar-refractivity contribution is 8.00. The Morgan fingerprint density at radius 2 is 1.58 bits per heavy atom. The number of nitrogens with one attached hydrogen (secondary N) is 2. The molecule has 0 aliphatic carbocycles. The Morgan fingerprint density at radius 3 is 2.25 bits per heavy atom. The van der Waals surface area contributed by atoms with Gasteiger partial charge in [0.1, 0.15) is 5.82 Å². The third-order valence-electron chi connectivity index (χ3n) is 2.82. The lowest BCUT2D eigenvalue weighted by Crippen LogP contribution is -2.18. The SMILES string of the molecule is O=C(CSCC(=O)Nc1cccc(Cl)c1Cl)Nc1ccc(F)cc1. The van der Waals surface area contributed by atoms with E-state index in [1.807, 2.05) is 0 Å². The van der Waals surface area contributed by atoms with Gasteiger partial charge in [-0.2, -0.15) is 0 Å². The van der Waals surface area contributed by atoms with Gasteiger partial charge in [0, 0.05) is 5.69 Å². The standard InChI is InChI=1S/C16H13Cl2FN2O2S/c17-12-2-1-3-13(16(12)18)21-15(23)9-24-8-14(22)20-11-6-4-10(19)5-7-11/h1-7H,8-9H2,(H,20,22)(H,21,23). The largest absolute Gasteiger partial charge is 0.325 e. The van der Waals surface area contributed by atoms with Gasteiger partial charge in [-0.15, -0.1) is 11.8 Å². The first-order valence-electron chi connectivity index (χ1n) is 6.83. The van der Waals surface area contributed by atoms with Crippen molar-refractivity contribution in [3.05, 3.63) is 58.3 Å². The summed E-state index contributed by atoms with van der Waals surface area (Å²) in [5, 5.41) is 5.86. The summed E-state index contributed by atoms with van der Waals surface area (Å²) in [4.78, 5) is 23.6. The molecule has 2 N–H and O–H groups in total. The highest BCUT2D eigenvalue weighted by Gasteiger charge is 2.10. The number of halogens is 3. The molecule has 4 nitrogen and oxygen atoms in total. The Hall–Kier alpha value is -1.76. The molecule has 0 radical (unpaired) electrons. The van der Waals surface area contributed by atoms with Gasteiger partial charge in [-0.1, -0.05) is 29.3 Å². The fourth-order valence-corrected chi connectivity index (χ4v) is 2.72. The summed E-state index contributed by atoms with van der Waals surface area (Å²) in [6.45, 7) is 0. The van der Waals surface area contributed by atoms with Crippen LogP contribution in [0.2, 0.25) is 10.0 Å². The number of benzene rings is 2. The van der Waals surface area contributed by atoms with E-state index in [0.29, 0.717) is 16.4 Å². The molecule has 0 aliphatic rings. The minimum atomic E-state index is -0.376. The first-order chi connectivity index (χ1) is 11.5. The molecule has 2 amide bonds. The summed E-state index contributed by atoms with van der Waals surface area (Å²) in [5.74, 6) is -0.772. The number of rotatable bonds is 6. The van der Waals surface area contributed by atoms with E-state index in [2.05, 4.69) is 10.6 Å². The van der Waals surface area contributed by atoms with Crippen molar-refractivity contribution in [2.75, 3.05) is 22.1 Å². The van der Waals surface area contributed by atoms with Crippen molar-refractivity contribution < 1.29 is 14.0 Å². The van der Waals surface area contributed by atoms with Gasteiger partial charge in [0.2, 0.25) is 11.8 Å². The second kappa shape index (κ2) is 8.92. The van der Waals surface area contributed by atoms with Crippen LogP contribution in [-0.2, 0) is 9.59 Å². The van der Waals surface area contributed by atoms with E-state index in [9.17, 15) is 14.0 Å². The number of amides is 2. The Bertz CT molecular complexity index is 741. The fraction of sp³-hybridized carbons (Fsp3) is 0.125. The molecule has 0 unspecified atom stereocenters. The second-order valence-corrected chi connectivity index (χ2v) is 6.47. The van der Waals surface area contributed by atoms with Crippen molar-refractivity contribution >= 4 is 58.2 Å². The Balaban J connectivity index is 1.75. The highest BCUT2D eigenvalue weighted by Crippen LogP contribution is 2.29. The summed E-state index contributed by atoms with van der Waals surface area (Å²) >= 11 is 13.0. The average molecular weight is 387 g/mol. The zero-order valence-electron chi connectivity index (χ0n) is 12.3. The average Bonchev–Trinajstić information content (AvgIpc) is 2.54. The summed E-state index contributed by atoms with van der Waals surface area (Å²) in [6.07, 6.45) is 0. The van der Waals surface area contributed by atoms with Gasteiger partial charge in [-0.3, -0.25) is 9.59 Å². The van der Waals surface area contributed by atoms with Crippen molar-refractivity contribution in [2.45, 2.75) is 0 Å². The Morgan fingerprint density at radius 1 is 0.958 bits per heavy atom. The van der Waals surface area contributed by atoms with Crippen LogP contribution >= 0.6 is 35.0 Å². The van der Waals surface area contributed by atoms with Gasteiger partial charge < -0.3 is 10.6 Å². The molecule has 0 saturated heterocycles. The quantitative estimate of drug-likeness (QED) is 0.771. The molecule has 0 atom stereocenters. The van der Waals surface area contributed by atoms with E-state index < -0.39 is 0 Å². The predicted molar refractivity (Wildman–Crippen MR) is 97.4 cm³/mol. The van der Waals surface area contributed by atoms with Crippen LogP contribution in [0.25, 0.3) is 0 Å². The smallest absolute Gasteiger partial charge is 0.234 e. The second-order valence-electron chi connectivity index (χ2n) is 4.70. The van der Waals surface area contributed by atoms with E-state index in [4.69, 9.17) is 23.2 Å². The third-order valence-corrected chi connectivity index (χ3v) is 4.57. The van der Waals surface area contributed by atoms with Gasteiger partial charge in [-0.05, 0) is 36.4 Å². The first-order valence-corrected chi connectivity index (χ1v) is 8.74. The molecular weight excluding hydrogens is 374 g/mol. The van der Waals surface area contributed by atoms with Crippen molar-refractivity contribution in [1.29, 1.82) is 0 Å². The molecule has 2 aromatic carbocycles. The lowest BCUT2D eigenvalue weighted by Gasteiger charge is -2.08. The van der Waals surface area contributed by atoms with Crippen LogP contribution in [0.3, 0.4) is 0 Å². The van der Waals surface area contributed by atoms with E-state index >= 15 is 0 Å². The van der Waals surface area contributed by atoms with Crippen molar-refractivity contribution in [3.8, 4) is 0 Å². The third kappa shape index (κ3) is 5.70. The Labute approximate surface area is 152 Å². The molecule has 0 spiro atoms. The van der Waals surface area contributed by atoms with Crippen LogP contribution in [0.1, 0.15) is 0 Å². The highest BCUT2D eigenvalue weighted by atomic mass is 35.5. The van der Waals surface area contributed by atoms with E-state index in [-0.39, 0.29) is 34.2 Å². The van der Waals surface area contributed by atoms with Gasteiger partial charge in [-0.25, -0.2) is 4.39 Å². The lowest BCUT2D eigenvalue weighted by atomic mass is 10.3. The molecule has 8 heteroatoms. The summed E-state index contributed by atoms with van der Waals surface area (Å²) in [5.41, 5.74) is 0.919. The molecular formula is C16H13Cl2FN2O2S. The zero-order chi connectivity index (χ0) is 17.5. The molecule has 126 valence electrons. The molecule has 2 rings (SSSR count). The Kier molecular flexibility index (Phi) is 6.90. The summed E-state index contributed by atoms with van der Waals surface area (Å²) < 4.78 is 12.8. The molecule has 0 heterocycles. The molecule has 24 heavy (non-hydrogen) atoms. The van der Waals surface area contributed by atoms with Crippen LogP contribution < -0.4 is 10.6 Å². The molecule has 0 aliphatic heterocycles.